The summed E-state index contributed by atoms with van der Waals surface area (Å²) in [7, 11) is -3.14. The molecule has 0 saturated heterocycles. The Bertz CT molecular complexity index is 411. The summed E-state index contributed by atoms with van der Waals surface area (Å²) in [5.74, 6) is 5.91. The SMILES string of the molecule is CC(C)(CN=C(NN)NC1CCCCC1)S(C)(=O)=O. The summed E-state index contributed by atoms with van der Waals surface area (Å²) >= 11 is 0. The number of nitrogens with one attached hydrogen (secondary N) is 2. The first-order chi connectivity index (χ1) is 8.76. The van der Waals surface area contributed by atoms with Crippen molar-refractivity contribution in [1.29, 1.82) is 0 Å². The molecule has 0 atom stereocenters. The number of guanidine groups is 1. The molecule has 0 amide bonds. The second-order valence-electron chi connectivity index (χ2n) is 5.82. The highest BCUT2D eigenvalue weighted by molar-refractivity contribution is 7.92. The molecule has 1 aliphatic rings. The molecule has 1 aliphatic carbocycles. The minimum absolute atomic E-state index is 0.186. The summed E-state index contributed by atoms with van der Waals surface area (Å²) in [4.78, 5) is 4.26. The molecule has 7 heteroatoms. The zero-order valence-corrected chi connectivity index (χ0v) is 12.9. The molecule has 112 valence electrons. The van der Waals surface area contributed by atoms with Gasteiger partial charge in [0.2, 0.25) is 5.96 Å². The summed E-state index contributed by atoms with van der Waals surface area (Å²) in [6, 6.07) is 0.380. The predicted molar refractivity (Wildman–Crippen MR) is 78.6 cm³/mol. The van der Waals surface area contributed by atoms with E-state index in [1.165, 1.54) is 25.5 Å². The molecule has 6 nitrogen and oxygen atoms in total. The maximum atomic E-state index is 11.6. The van der Waals surface area contributed by atoms with Gasteiger partial charge >= 0.3 is 0 Å². The Morgan fingerprint density at radius 2 is 1.89 bits per heavy atom. The Morgan fingerprint density at radius 3 is 2.37 bits per heavy atom. The van der Waals surface area contributed by atoms with E-state index in [0.29, 0.717) is 12.0 Å². The zero-order chi connectivity index (χ0) is 14.5. The Morgan fingerprint density at radius 1 is 1.32 bits per heavy atom. The lowest BCUT2D eigenvalue weighted by molar-refractivity contribution is 0.410. The quantitative estimate of drug-likeness (QED) is 0.304. The van der Waals surface area contributed by atoms with E-state index >= 15 is 0 Å². The van der Waals surface area contributed by atoms with Crippen LogP contribution >= 0.6 is 0 Å². The number of hydrogen-bond acceptors (Lipinski definition) is 4. The maximum Gasteiger partial charge on any atom is 0.205 e. The van der Waals surface area contributed by atoms with Crippen LogP contribution < -0.4 is 16.6 Å². The molecule has 0 aromatic rings. The number of sulfone groups is 1. The topological polar surface area (TPSA) is 96.6 Å². The van der Waals surface area contributed by atoms with E-state index in [1.54, 1.807) is 13.8 Å². The number of rotatable bonds is 4. The standard InChI is InChI=1S/C12H26N4O2S/c1-12(2,19(3,17)18)9-14-11(16-13)15-10-7-5-4-6-8-10/h10H,4-9,13H2,1-3H3,(H2,14,15,16). The Balaban J connectivity index is 2.61. The molecule has 1 rings (SSSR count). The van der Waals surface area contributed by atoms with Crippen molar-refractivity contribution in [1.82, 2.24) is 10.7 Å². The van der Waals surface area contributed by atoms with E-state index in [2.05, 4.69) is 15.7 Å². The second-order valence-corrected chi connectivity index (χ2v) is 8.47. The van der Waals surface area contributed by atoms with Gasteiger partial charge in [0.25, 0.3) is 0 Å². The average molecular weight is 290 g/mol. The molecule has 0 bridgehead atoms. The van der Waals surface area contributed by atoms with Crippen LogP contribution in [0.15, 0.2) is 4.99 Å². The van der Waals surface area contributed by atoms with Crippen LogP contribution in [0, 0.1) is 0 Å². The first kappa shape index (κ1) is 16.2. The number of hydrogen-bond donors (Lipinski definition) is 3. The van der Waals surface area contributed by atoms with Gasteiger partial charge in [-0.25, -0.2) is 14.3 Å². The molecule has 1 saturated carbocycles. The fourth-order valence-corrected chi connectivity index (χ4v) is 2.26. The van der Waals surface area contributed by atoms with Gasteiger partial charge in [-0.1, -0.05) is 19.3 Å². The summed E-state index contributed by atoms with van der Waals surface area (Å²) in [6.07, 6.45) is 7.15. The highest BCUT2D eigenvalue weighted by atomic mass is 32.2. The average Bonchev–Trinajstić information content (AvgIpc) is 2.34. The highest BCUT2D eigenvalue weighted by Crippen LogP contribution is 2.18. The monoisotopic (exact) mass is 290 g/mol. The van der Waals surface area contributed by atoms with Crippen molar-refractivity contribution in [3.05, 3.63) is 0 Å². The van der Waals surface area contributed by atoms with Crippen LogP contribution in [0.4, 0.5) is 0 Å². The first-order valence-electron chi connectivity index (χ1n) is 6.73. The number of nitrogens with two attached hydrogens (primary N) is 1. The number of nitrogens with zero attached hydrogens (tertiary/aromatic N) is 1. The summed E-state index contributed by atoms with van der Waals surface area (Å²) < 4.78 is 22.3. The fourth-order valence-electron chi connectivity index (χ4n) is 1.96. The van der Waals surface area contributed by atoms with Crippen LogP contribution in [0.25, 0.3) is 0 Å². The van der Waals surface area contributed by atoms with Crippen LogP contribution in [0.5, 0.6) is 0 Å². The van der Waals surface area contributed by atoms with Crippen LogP contribution in [0.3, 0.4) is 0 Å². The third-order valence-electron chi connectivity index (χ3n) is 3.70. The van der Waals surface area contributed by atoms with Crippen molar-refractivity contribution in [2.75, 3.05) is 12.8 Å². The Hall–Kier alpha value is -0.820. The number of hydrazine groups is 1. The van der Waals surface area contributed by atoms with Gasteiger partial charge in [0, 0.05) is 12.3 Å². The van der Waals surface area contributed by atoms with Crippen LogP contribution in [-0.4, -0.2) is 38.0 Å². The Kier molecular flexibility index (Phi) is 5.61. The number of aliphatic imine (C=N–C) groups is 1. The molecule has 0 aromatic heterocycles. The largest absolute Gasteiger partial charge is 0.353 e. The van der Waals surface area contributed by atoms with E-state index in [-0.39, 0.29) is 6.54 Å². The van der Waals surface area contributed by atoms with E-state index in [0.717, 1.165) is 12.8 Å². The summed E-state index contributed by atoms with van der Waals surface area (Å²) in [5.41, 5.74) is 2.52. The third-order valence-corrected chi connectivity index (χ3v) is 5.84. The van der Waals surface area contributed by atoms with E-state index < -0.39 is 14.6 Å². The predicted octanol–water partition coefficient (Wildman–Crippen LogP) is 0.551. The smallest absolute Gasteiger partial charge is 0.205 e. The van der Waals surface area contributed by atoms with Gasteiger partial charge in [-0.2, -0.15) is 0 Å². The van der Waals surface area contributed by atoms with Gasteiger partial charge in [0.15, 0.2) is 9.84 Å². The molecule has 1 fully saturated rings. The maximum absolute atomic E-state index is 11.6. The molecule has 0 aromatic carbocycles. The lowest BCUT2D eigenvalue weighted by Crippen LogP contribution is -2.48. The molecule has 0 spiro atoms. The van der Waals surface area contributed by atoms with Gasteiger partial charge in [-0.05, 0) is 26.7 Å². The highest BCUT2D eigenvalue weighted by Gasteiger charge is 2.30. The van der Waals surface area contributed by atoms with Gasteiger partial charge in [0.05, 0.1) is 11.3 Å². The molecular weight excluding hydrogens is 264 g/mol. The second kappa shape index (κ2) is 6.56. The first-order valence-corrected chi connectivity index (χ1v) is 8.62. The van der Waals surface area contributed by atoms with Crippen LogP contribution in [0.2, 0.25) is 0 Å². The minimum Gasteiger partial charge on any atom is -0.353 e. The van der Waals surface area contributed by atoms with Crippen molar-refractivity contribution < 1.29 is 8.42 Å². The summed E-state index contributed by atoms with van der Waals surface area (Å²) in [5, 5.41) is 3.25. The van der Waals surface area contributed by atoms with Gasteiger partial charge in [0.1, 0.15) is 0 Å². The van der Waals surface area contributed by atoms with Crippen LogP contribution in [-0.2, 0) is 9.84 Å². The lowest BCUT2D eigenvalue weighted by atomic mass is 9.96. The third kappa shape index (κ3) is 4.99. The van der Waals surface area contributed by atoms with Crippen LogP contribution in [0.1, 0.15) is 46.0 Å². The van der Waals surface area contributed by atoms with Crippen molar-refractivity contribution >= 4 is 15.8 Å². The van der Waals surface area contributed by atoms with Crippen molar-refractivity contribution in [2.45, 2.75) is 56.7 Å². The fraction of sp³-hybridized carbons (Fsp3) is 0.917. The van der Waals surface area contributed by atoms with Gasteiger partial charge < -0.3 is 5.32 Å². The van der Waals surface area contributed by atoms with Gasteiger partial charge in [-0.15, -0.1) is 0 Å². The molecule has 0 radical (unpaired) electrons. The normalized spacial score (nSPS) is 19.3. The molecule has 4 N–H and O–H groups in total. The summed E-state index contributed by atoms with van der Waals surface area (Å²) in [6.45, 7) is 3.52. The molecular formula is C12H26N4O2S. The molecule has 0 aliphatic heterocycles. The van der Waals surface area contributed by atoms with E-state index in [9.17, 15) is 8.42 Å². The van der Waals surface area contributed by atoms with Gasteiger partial charge in [-0.3, -0.25) is 10.4 Å². The molecule has 19 heavy (non-hydrogen) atoms. The van der Waals surface area contributed by atoms with E-state index in [4.69, 9.17) is 5.84 Å². The Labute approximate surface area is 116 Å². The molecule has 0 heterocycles. The van der Waals surface area contributed by atoms with Crippen molar-refractivity contribution in [2.24, 2.45) is 10.8 Å². The van der Waals surface area contributed by atoms with E-state index in [1.807, 2.05) is 0 Å². The van der Waals surface area contributed by atoms with Crippen molar-refractivity contribution in [3.8, 4) is 0 Å². The molecule has 0 unspecified atom stereocenters. The lowest BCUT2D eigenvalue weighted by Gasteiger charge is -2.25. The van der Waals surface area contributed by atoms with Crippen molar-refractivity contribution in [3.63, 3.8) is 0 Å². The minimum atomic E-state index is -3.14. The zero-order valence-electron chi connectivity index (χ0n) is 12.1.